The van der Waals surface area contributed by atoms with Gasteiger partial charge in [0, 0.05) is 16.2 Å². The standard InChI is InChI=1S/C22H21BrF3N5O2S2/c1-9-4-5-10-13(7-9)35-21(15(10)18(27)32)29-20(33)17-16(23)19-28-11(12-3-2-6-34-12)8-14(22(24,25)26)31(19)30-17/h2-3,6,9,11,14,28H,4-5,7-8H2,1H3,(H2,27,32)(H,29,33)/t9-,11+,14-/m0/s1. The molecule has 3 atom stereocenters. The van der Waals surface area contributed by atoms with Crippen LogP contribution in [0.4, 0.5) is 24.0 Å². The van der Waals surface area contributed by atoms with E-state index in [1.807, 2.05) is 0 Å². The number of carbonyl (C=O) groups excluding carboxylic acids is 2. The molecular formula is C22H21BrF3N5O2S2. The van der Waals surface area contributed by atoms with E-state index in [1.165, 1.54) is 22.7 Å². The van der Waals surface area contributed by atoms with Crippen molar-refractivity contribution in [2.75, 3.05) is 10.6 Å². The normalized spacial score (nSPS) is 21.7. The van der Waals surface area contributed by atoms with Crippen molar-refractivity contribution in [1.29, 1.82) is 0 Å². The number of hydrogen-bond acceptors (Lipinski definition) is 6. The van der Waals surface area contributed by atoms with Gasteiger partial charge in [0.2, 0.25) is 0 Å². The molecule has 7 nitrogen and oxygen atoms in total. The summed E-state index contributed by atoms with van der Waals surface area (Å²) in [5, 5.41) is 11.9. The highest BCUT2D eigenvalue weighted by Crippen LogP contribution is 2.47. The van der Waals surface area contributed by atoms with Crippen molar-refractivity contribution < 1.29 is 22.8 Å². The van der Waals surface area contributed by atoms with Crippen molar-refractivity contribution in [2.24, 2.45) is 11.7 Å². The van der Waals surface area contributed by atoms with Gasteiger partial charge in [0.25, 0.3) is 11.8 Å². The lowest BCUT2D eigenvalue weighted by molar-refractivity contribution is -0.173. The molecule has 0 saturated heterocycles. The van der Waals surface area contributed by atoms with Crippen molar-refractivity contribution in [3.63, 3.8) is 0 Å². The topological polar surface area (TPSA) is 102 Å². The number of carbonyl (C=O) groups is 2. The largest absolute Gasteiger partial charge is 0.410 e. The van der Waals surface area contributed by atoms with E-state index in [0.717, 1.165) is 32.8 Å². The molecule has 3 aromatic rings. The van der Waals surface area contributed by atoms with Crippen LogP contribution in [0.5, 0.6) is 0 Å². The van der Waals surface area contributed by atoms with Crippen LogP contribution in [0.3, 0.4) is 0 Å². The minimum absolute atomic E-state index is 0.0801. The molecule has 13 heteroatoms. The summed E-state index contributed by atoms with van der Waals surface area (Å²) in [7, 11) is 0. The fourth-order valence-electron chi connectivity index (χ4n) is 4.67. The first kappa shape index (κ1) is 24.3. The van der Waals surface area contributed by atoms with E-state index < -0.39 is 30.1 Å². The first-order valence-electron chi connectivity index (χ1n) is 10.9. The van der Waals surface area contributed by atoms with Gasteiger partial charge in [-0.15, -0.1) is 22.7 Å². The van der Waals surface area contributed by atoms with Gasteiger partial charge in [-0.3, -0.25) is 9.59 Å². The van der Waals surface area contributed by atoms with Crippen LogP contribution in [0.2, 0.25) is 0 Å². The second-order valence-corrected chi connectivity index (χ2v) is 11.7. The molecule has 0 saturated carbocycles. The number of nitrogens with two attached hydrogens (primary N) is 1. The number of amides is 2. The van der Waals surface area contributed by atoms with Gasteiger partial charge in [0.15, 0.2) is 11.7 Å². The summed E-state index contributed by atoms with van der Waals surface area (Å²) in [5.74, 6) is -0.839. The Bertz CT molecular complexity index is 1300. The maximum atomic E-state index is 14.0. The van der Waals surface area contributed by atoms with Gasteiger partial charge in [-0.05, 0) is 58.1 Å². The Labute approximate surface area is 215 Å². The summed E-state index contributed by atoms with van der Waals surface area (Å²) in [5.41, 5.74) is 6.53. The third-order valence-electron chi connectivity index (χ3n) is 6.38. The predicted molar refractivity (Wildman–Crippen MR) is 132 cm³/mol. The second kappa shape index (κ2) is 8.93. The maximum Gasteiger partial charge on any atom is 0.410 e. The number of nitrogens with one attached hydrogen (secondary N) is 2. The first-order valence-corrected chi connectivity index (χ1v) is 13.4. The highest BCUT2D eigenvalue weighted by Gasteiger charge is 2.48. The smallest absolute Gasteiger partial charge is 0.365 e. The van der Waals surface area contributed by atoms with E-state index >= 15 is 0 Å². The molecule has 1 aliphatic carbocycles. The number of thiophene rings is 2. The van der Waals surface area contributed by atoms with Gasteiger partial charge in [-0.2, -0.15) is 18.3 Å². The number of hydrogen-bond donors (Lipinski definition) is 3. The highest BCUT2D eigenvalue weighted by molar-refractivity contribution is 9.10. The number of alkyl halides is 3. The molecule has 0 fully saturated rings. The van der Waals surface area contributed by atoms with Crippen molar-refractivity contribution in [3.8, 4) is 0 Å². The summed E-state index contributed by atoms with van der Waals surface area (Å²) >= 11 is 5.93. The summed E-state index contributed by atoms with van der Waals surface area (Å²) in [6.07, 6.45) is -2.44. The van der Waals surface area contributed by atoms with Gasteiger partial charge in [-0.25, -0.2) is 4.68 Å². The van der Waals surface area contributed by atoms with Crippen LogP contribution in [0, 0.1) is 5.92 Å². The number of nitrogens with zero attached hydrogens (tertiary/aromatic N) is 2. The van der Waals surface area contributed by atoms with Crippen molar-refractivity contribution in [1.82, 2.24) is 9.78 Å². The average Bonchev–Trinajstić information content (AvgIpc) is 3.50. The van der Waals surface area contributed by atoms with Gasteiger partial charge >= 0.3 is 6.18 Å². The molecule has 0 radical (unpaired) electrons. The zero-order valence-corrected chi connectivity index (χ0v) is 21.6. The zero-order chi connectivity index (χ0) is 25.1. The Morgan fingerprint density at radius 2 is 2.14 bits per heavy atom. The lowest BCUT2D eigenvalue weighted by Gasteiger charge is -2.33. The number of primary amides is 1. The molecule has 4 N–H and O–H groups in total. The number of halogens is 4. The Hall–Kier alpha value is -2.38. The molecule has 5 rings (SSSR count). The predicted octanol–water partition coefficient (Wildman–Crippen LogP) is 5.90. The molecule has 0 spiro atoms. The van der Waals surface area contributed by atoms with Crippen LogP contribution in [-0.2, 0) is 12.8 Å². The van der Waals surface area contributed by atoms with E-state index in [4.69, 9.17) is 5.73 Å². The molecule has 3 aromatic heterocycles. The molecule has 35 heavy (non-hydrogen) atoms. The molecular weight excluding hydrogens is 567 g/mol. The number of aromatic nitrogens is 2. The van der Waals surface area contributed by atoms with Crippen LogP contribution in [0.15, 0.2) is 22.0 Å². The minimum Gasteiger partial charge on any atom is -0.365 e. The highest BCUT2D eigenvalue weighted by atomic mass is 79.9. The van der Waals surface area contributed by atoms with Crippen LogP contribution in [-0.4, -0.2) is 27.8 Å². The molecule has 4 heterocycles. The minimum atomic E-state index is -4.56. The molecule has 2 amide bonds. The molecule has 0 unspecified atom stereocenters. The second-order valence-electron chi connectivity index (χ2n) is 8.84. The van der Waals surface area contributed by atoms with Crippen LogP contribution >= 0.6 is 38.6 Å². The Morgan fingerprint density at radius 3 is 2.80 bits per heavy atom. The third-order valence-corrected chi connectivity index (χ3v) is 9.29. The molecule has 0 aromatic carbocycles. The molecule has 2 aliphatic rings. The summed E-state index contributed by atoms with van der Waals surface area (Å²) in [6.45, 7) is 2.12. The van der Waals surface area contributed by atoms with Crippen molar-refractivity contribution >= 4 is 61.2 Å². The van der Waals surface area contributed by atoms with E-state index in [2.05, 4.69) is 38.6 Å². The average molecular weight is 588 g/mol. The van der Waals surface area contributed by atoms with Crippen molar-refractivity contribution in [3.05, 3.63) is 48.6 Å². The van der Waals surface area contributed by atoms with Crippen LogP contribution < -0.4 is 16.4 Å². The van der Waals surface area contributed by atoms with E-state index in [1.54, 1.807) is 17.5 Å². The van der Waals surface area contributed by atoms with E-state index in [9.17, 15) is 22.8 Å². The molecule has 1 aliphatic heterocycles. The number of rotatable bonds is 4. The van der Waals surface area contributed by atoms with E-state index in [-0.39, 0.29) is 28.0 Å². The maximum absolute atomic E-state index is 14.0. The molecule has 186 valence electrons. The SMILES string of the molecule is C[C@H]1CCc2c(sc(NC(=O)c3nn4c(c3Br)N[C@@H](c3cccs3)C[C@H]4C(F)(F)F)c2C(N)=O)C1. The number of fused-ring (bicyclic) bond motifs is 2. The molecule has 0 bridgehead atoms. The lowest BCUT2D eigenvalue weighted by Crippen LogP contribution is -2.35. The quantitative estimate of drug-likeness (QED) is 0.353. The fraction of sp³-hybridized carbons (Fsp3) is 0.409. The van der Waals surface area contributed by atoms with Gasteiger partial charge in [0.05, 0.1) is 16.1 Å². The van der Waals surface area contributed by atoms with Crippen molar-refractivity contribution in [2.45, 2.75) is 50.9 Å². The van der Waals surface area contributed by atoms with Gasteiger partial charge in [-0.1, -0.05) is 13.0 Å². The van der Waals surface area contributed by atoms with Gasteiger partial charge < -0.3 is 16.4 Å². The van der Waals surface area contributed by atoms with Crippen LogP contribution in [0.1, 0.15) is 68.0 Å². The van der Waals surface area contributed by atoms with E-state index in [0.29, 0.717) is 17.3 Å². The lowest BCUT2D eigenvalue weighted by atomic mass is 9.88. The Kier molecular flexibility index (Phi) is 6.20. The summed E-state index contributed by atoms with van der Waals surface area (Å²) < 4.78 is 42.9. The zero-order valence-electron chi connectivity index (χ0n) is 18.4. The number of anilines is 2. The Balaban J connectivity index is 1.50. The fourth-order valence-corrected chi connectivity index (χ4v) is 7.43. The summed E-state index contributed by atoms with van der Waals surface area (Å²) in [6, 6.07) is 1.07. The Morgan fingerprint density at radius 1 is 1.37 bits per heavy atom. The van der Waals surface area contributed by atoms with Gasteiger partial charge in [0.1, 0.15) is 10.8 Å². The third kappa shape index (κ3) is 4.38. The monoisotopic (exact) mass is 587 g/mol. The van der Waals surface area contributed by atoms with Crippen LogP contribution in [0.25, 0.3) is 0 Å². The summed E-state index contributed by atoms with van der Waals surface area (Å²) in [4.78, 5) is 27.2. The first-order chi connectivity index (χ1) is 16.5.